The summed E-state index contributed by atoms with van der Waals surface area (Å²) in [6.07, 6.45) is 6.53. The Bertz CT molecular complexity index is 398. The molecule has 1 aromatic rings. The Hall–Kier alpha value is -1.62. The first-order valence-corrected chi connectivity index (χ1v) is 6.43. The fourth-order valence-electron chi connectivity index (χ4n) is 2.54. The number of nitrogens with one attached hydrogen (secondary N) is 1. The van der Waals surface area contributed by atoms with Crippen LogP contribution in [0.4, 0.5) is 5.82 Å². The van der Waals surface area contributed by atoms with Gasteiger partial charge in [0.1, 0.15) is 5.82 Å². The first kappa shape index (κ1) is 12.8. The van der Waals surface area contributed by atoms with Crippen molar-refractivity contribution in [2.45, 2.75) is 31.7 Å². The molecule has 0 bridgehead atoms. The molecule has 1 atom stereocenters. The number of nitrogens with zero attached hydrogens (tertiary/aromatic N) is 1. The van der Waals surface area contributed by atoms with Crippen LogP contribution in [0, 0.1) is 5.92 Å². The largest absolute Gasteiger partial charge is 0.366 e. The average molecular weight is 248 g/mol. The molecule has 1 fully saturated rings. The molecule has 5 nitrogen and oxygen atoms in total. The van der Waals surface area contributed by atoms with Gasteiger partial charge in [-0.15, -0.1) is 0 Å². The number of hydrogen-bond acceptors (Lipinski definition) is 4. The molecule has 1 saturated carbocycles. The number of hydrogen-bond donors (Lipinski definition) is 3. The Morgan fingerprint density at radius 1 is 1.44 bits per heavy atom. The van der Waals surface area contributed by atoms with E-state index in [1.54, 1.807) is 12.1 Å². The van der Waals surface area contributed by atoms with E-state index in [1.807, 2.05) is 0 Å². The summed E-state index contributed by atoms with van der Waals surface area (Å²) in [5.74, 6) is 0.926. The van der Waals surface area contributed by atoms with Crippen molar-refractivity contribution < 1.29 is 4.79 Å². The van der Waals surface area contributed by atoms with Crippen molar-refractivity contribution in [2.75, 3.05) is 11.9 Å². The highest BCUT2D eigenvalue weighted by Gasteiger charge is 2.23. The van der Waals surface area contributed by atoms with E-state index in [4.69, 9.17) is 11.5 Å². The van der Waals surface area contributed by atoms with Crippen LogP contribution in [0.25, 0.3) is 0 Å². The van der Waals surface area contributed by atoms with E-state index in [1.165, 1.54) is 31.9 Å². The Morgan fingerprint density at radius 2 is 2.17 bits per heavy atom. The zero-order valence-corrected chi connectivity index (χ0v) is 10.4. The average Bonchev–Trinajstić information content (AvgIpc) is 2.90. The summed E-state index contributed by atoms with van der Waals surface area (Å²) in [4.78, 5) is 15.1. The van der Waals surface area contributed by atoms with Gasteiger partial charge in [-0.2, -0.15) is 0 Å². The molecule has 0 aromatic carbocycles. The lowest BCUT2D eigenvalue weighted by Gasteiger charge is -2.23. The highest BCUT2D eigenvalue weighted by atomic mass is 16.1. The number of nitrogens with two attached hydrogens (primary N) is 2. The molecule has 1 amide bonds. The molecule has 18 heavy (non-hydrogen) atoms. The number of amides is 1. The molecule has 1 aliphatic rings. The third-order valence-electron chi connectivity index (χ3n) is 3.60. The second-order valence-electron chi connectivity index (χ2n) is 4.83. The summed E-state index contributed by atoms with van der Waals surface area (Å²) < 4.78 is 0. The first-order chi connectivity index (χ1) is 8.70. The minimum atomic E-state index is -0.458. The summed E-state index contributed by atoms with van der Waals surface area (Å²) in [7, 11) is 0. The van der Waals surface area contributed by atoms with E-state index >= 15 is 0 Å². The molecule has 0 radical (unpaired) electrons. The fraction of sp³-hybridized carbons (Fsp3) is 0.538. The van der Waals surface area contributed by atoms with Crippen molar-refractivity contribution in [1.82, 2.24) is 4.98 Å². The predicted molar refractivity (Wildman–Crippen MR) is 71.2 cm³/mol. The van der Waals surface area contributed by atoms with Gasteiger partial charge >= 0.3 is 0 Å². The molecule has 5 N–H and O–H groups in total. The van der Waals surface area contributed by atoms with Crippen LogP contribution in [-0.4, -0.2) is 23.5 Å². The molecule has 0 spiro atoms. The van der Waals surface area contributed by atoms with E-state index in [2.05, 4.69) is 10.3 Å². The Morgan fingerprint density at radius 3 is 2.67 bits per heavy atom. The van der Waals surface area contributed by atoms with E-state index in [0.717, 1.165) is 5.82 Å². The maximum absolute atomic E-state index is 10.9. The lowest BCUT2D eigenvalue weighted by Crippen LogP contribution is -2.35. The highest BCUT2D eigenvalue weighted by Crippen LogP contribution is 2.28. The smallest absolute Gasteiger partial charge is 0.250 e. The van der Waals surface area contributed by atoms with Crippen molar-refractivity contribution in [3.05, 3.63) is 23.9 Å². The van der Waals surface area contributed by atoms with Crippen molar-refractivity contribution in [3.8, 4) is 0 Å². The van der Waals surface area contributed by atoms with Crippen LogP contribution in [0.1, 0.15) is 36.0 Å². The molecular weight excluding hydrogens is 228 g/mol. The number of anilines is 1. The second-order valence-corrected chi connectivity index (χ2v) is 4.83. The van der Waals surface area contributed by atoms with Gasteiger partial charge in [-0.3, -0.25) is 4.79 Å². The van der Waals surface area contributed by atoms with Gasteiger partial charge in [0.25, 0.3) is 0 Å². The van der Waals surface area contributed by atoms with Crippen molar-refractivity contribution in [3.63, 3.8) is 0 Å². The van der Waals surface area contributed by atoms with Gasteiger partial charge in [0.05, 0.1) is 5.56 Å². The maximum atomic E-state index is 10.9. The van der Waals surface area contributed by atoms with Crippen molar-refractivity contribution in [2.24, 2.45) is 17.4 Å². The fourth-order valence-corrected chi connectivity index (χ4v) is 2.54. The topological polar surface area (TPSA) is 94.0 Å². The normalized spacial score (nSPS) is 17.6. The summed E-state index contributed by atoms with van der Waals surface area (Å²) in [5.41, 5.74) is 11.4. The van der Waals surface area contributed by atoms with Gasteiger partial charge in [-0.25, -0.2) is 4.98 Å². The van der Waals surface area contributed by atoms with E-state index in [-0.39, 0.29) is 6.04 Å². The number of rotatable bonds is 5. The summed E-state index contributed by atoms with van der Waals surface area (Å²) in [5, 5.41) is 3.35. The molecule has 1 aliphatic carbocycles. The van der Waals surface area contributed by atoms with Crippen LogP contribution in [0.3, 0.4) is 0 Å². The molecule has 1 aromatic heterocycles. The van der Waals surface area contributed by atoms with Gasteiger partial charge in [-0.05, 0) is 30.9 Å². The van der Waals surface area contributed by atoms with E-state index in [0.29, 0.717) is 18.0 Å². The van der Waals surface area contributed by atoms with Gasteiger partial charge < -0.3 is 16.8 Å². The van der Waals surface area contributed by atoms with Crippen molar-refractivity contribution in [1.29, 1.82) is 0 Å². The van der Waals surface area contributed by atoms with Crippen LogP contribution >= 0.6 is 0 Å². The molecule has 98 valence electrons. The van der Waals surface area contributed by atoms with Crippen LogP contribution < -0.4 is 16.8 Å². The van der Waals surface area contributed by atoms with Gasteiger partial charge in [0, 0.05) is 18.8 Å². The van der Waals surface area contributed by atoms with E-state index in [9.17, 15) is 4.79 Å². The zero-order chi connectivity index (χ0) is 13.0. The van der Waals surface area contributed by atoms with Crippen LogP contribution in [-0.2, 0) is 0 Å². The third-order valence-corrected chi connectivity index (χ3v) is 3.60. The molecule has 5 heteroatoms. The Balaban J connectivity index is 2.00. The number of carbonyl (C=O) groups is 1. The summed E-state index contributed by atoms with van der Waals surface area (Å²) >= 11 is 0. The molecule has 1 unspecified atom stereocenters. The van der Waals surface area contributed by atoms with Gasteiger partial charge in [0.2, 0.25) is 5.91 Å². The van der Waals surface area contributed by atoms with Crippen LogP contribution in [0.15, 0.2) is 18.3 Å². The van der Waals surface area contributed by atoms with Crippen molar-refractivity contribution >= 4 is 11.7 Å². The monoisotopic (exact) mass is 248 g/mol. The van der Waals surface area contributed by atoms with Crippen LogP contribution in [0.2, 0.25) is 0 Å². The lowest BCUT2D eigenvalue weighted by molar-refractivity contribution is 0.1000. The van der Waals surface area contributed by atoms with Gasteiger partial charge in [-0.1, -0.05) is 12.8 Å². The Kier molecular flexibility index (Phi) is 4.15. The summed E-state index contributed by atoms with van der Waals surface area (Å²) in [6.45, 7) is 0.601. The zero-order valence-electron chi connectivity index (χ0n) is 10.4. The number of carbonyl (C=O) groups excluding carboxylic acids is 1. The standard InChI is InChI=1S/C13H20N4O/c14-7-11(9-3-1-2-4-9)17-12-6-5-10(8-16-12)13(15)18/h5-6,8-9,11H,1-4,7,14H2,(H2,15,18)(H,16,17). The first-order valence-electron chi connectivity index (χ1n) is 6.43. The highest BCUT2D eigenvalue weighted by molar-refractivity contribution is 5.92. The quantitative estimate of drug-likeness (QED) is 0.727. The number of aromatic nitrogens is 1. The van der Waals surface area contributed by atoms with E-state index < -0.39 is 5.91 Å². The summed E-state index contributed by atoms with van der Waals surface area (Å²) in [6, 6.07) is 3.72. The predicted octanol–water partition coefficient (Wildman–Crippen LogP) is 1.11. The third kappa shape index (κ3) is 2.98. The molecule has 0 saturated heterocycles. The lowest BCUT2D eigenvalue weighted by atomic mass is 9.98. The Labute approximate surface area is 107 Å². The number of pyridine rings is 1. The maximum Gasteiger partial charge on any atom is 0.250 e. The molecule has 1 heterocycles. The molecule has 2 rings (SSSR count). The minimum absolute atomic E-state index is 0.263. The molecular formula is C13H20N4O. The second kappa shape index (κ2) is 5.82. The van der Waals surface area contributed by atoms with Crippen LogP contribution in [0.5, 0.6) is 0 Å². The SMILES string of the molecule is NCC(Nc1ccc(C(N)=O)cn1)C1CCCC1. The molecule has 0 aliphatic heterocycles. The number of primary amides is 1. The van der Waals surface area contributed by atoms with Gasteiger partial charge in [0.15, 0.2) is 0 Å². The minimum Gasteiger partial charge on any atom is -0.366 e.